The van der Waals surface area contributed by atoms with Gasteiger partial charge in [-0.15, -0.1) is 0 Å². The summed E-state index contributed by atoms with van der Waals surface area (Å²) in [7, 11) is 4.61. The van der Waals surface area contributed by atoms with Crippen molar-refractivity contribution in [1.82, 2.24) is 4.90 Å². The molecular weight excluding hydrogens is 310 g/mol. The molecule has 0 amide bonds. The van der Waals surface area contributed by atoms with Gasteiger partial charge in [0.15, 0.2) is 5.78 Å². The fraction of sp³-hybridized carbons (Fsp3) is 0.611. The van der Waals surface area contributed by atoms with Crippen LogP contribution < -0.4 is 14.2 Å². The smallest absolute Gasteiger partial charge is 0.170 e. The second-order valence-electron chi connectivity index (χ2n) is 6.03. The Bertz CT molecular complexity index is 535. The highest BCUT2D eigenvalue weighted by Gasteiger charge is 2.21. The van der Waals surface area contributed by atoms with Crippen LogP contribution in [0.25, 0.3) is 0 Å². The topological polar surface area (TPSA) is 68.2 Å². The molecule has 6 heteroatoms. The fourth-order valence-corrected chi connectivity index (χ4v) is 3.10. The first-order chi connectivity index (χ1) is 11.6. The first-order valence-electron chi connectivity index (χ1n) is 8.32. The zero-order chi connectivity index (χ0) is 17.5. The molecule has 2 rings (SSSR count). The molecule has 1 heterocycles. The number of ketones is 1. The Kier molecular flexibility index (Phi) is 6.87. The van der Waals surface area contributed by atoms with E-state index in [1.165, 1.54) is 14.2 Å². The molecule has 134 valence electrons. The van der Waals surface area contributed by atoms with E-state index < -0.39 is 0 Å². The number of hydrogen-bond donors (Lipinski definition) is 1. The monoisotopic (exact) mass is 337 g/mol. The summed E-state index contributed by atoms with van der Waals surface area (Å²) in [4.78, 5) is 14.9. The highest BCUT2D eigenvalue weighted by atomic mass is 16.5. The SMILES string of the molecule is COc1cc(OC)c(C(=O)CCCN2CCC[C@@H](O)C2)c(OC)c1. The minimum Gasteiger partial charge on any atom is -0.496 e. The van der Waals surface area contributed by atoms with Crippen LogP contribution >= 0.6 is 0 Å². The zero-order valence-electron chi connectivity index (χ0n) is 14.7. The van der Waals surface area contributed by atoms with E-state index in [0.29, 0.717) is 35.8 Å². The van der Waals surface area contributed by atoms with E-state index in [-0.39, 0.29) is 11.9 Å². The van der Waals surface area contributed by atoms with Gasteiger partial charge in [-0.2, -0.15) is 0 Å². The number of ether oxygens (including phenoxy) is 3. The van der Waals surface area contributed by atoms with Gasteiger partial charge in [0, 0.05) is 25.1 Å². The molecule has 1 aliphatic rings. The number of hydrogen-bond acceptors (Lipinski definition) is 6. The Morgan fingerprint density at radius 1 is 1.21 bits per heavy atom. The minimum absolute atomic E-state index is 0.0103. The van der Waals surface area contributed by atoms with Crippen molar-refractivity contribution >= 4 is 5.78 Å². The lowest BCUT2D eigenvalue weighted by Gasteiger charge is -2.29. The summed E-state index contributed by atoms with van der Waals surface area (Å²) in [5, 5.41) is 9.70. The van der Waals surface area contributed by atoms with Gasteiger partial charge in [-0.05, 0) is 32.4 Å². The van der Waals surface area contributed by atoms with E-state index in [1.54, 1.807) is 19.2 Å². The lowest BCUT2D eigenvalue weighted by molar-refractivity contribution is 0.0692. The molecular formula is C18H27NO5. The molecule has 0 aromatic heterocycles. The standard InChI is InChI=1S/C18H27NO5/c1-22-14-10-16(23-2)18(17(11-14)24-3)15(21)7-5-9-19-8-4-6-13(20)12-19/h10-11,13,20H,4-9,12H2,1-3H3/t13-/m1/s1. The Morgan fingerprint density at radius 2 is 1.88 bits per heavy atom. The maximum Gasteiger partial charge on any atom is 0.170 e. The number of methoxy groups -OCH3 is 3. The molecule has 1 aliphatic heterocycles. The molecule has 1 aromatic rings. The summed E-state index contributed by atoms with van der Waals surface area (Å²) in [6.07, 6.45) is 2.79. The Balaban J connectivity index is 2.00. The maximum absolute atomic E-state index is 12.6. The highest BCUT2D eigenvalue weighted by molar-refractivity contribution is 6.01. The van der Waals surface area contributed by atoms with Gasteiger partial charge in [0.25, 0.3) is 0 Å². The summed E-state index contributed by atoms with van der Waals surface area (Å²) in [6, 6.07) is 3.38. The van der Waals surface area contributed by atoms with Gasteiger partial charge in [-0.1, -0.05) is 0 Å². The molecule has 0 radical (unpaired) electrons. The van der Waals surface area contributed by atoms with Crippen LogP contribution in [0.4, 0.5) is 0 Å². The van der Waals surface area contributed by atoms with Crippen LogP contribution in [-0.2, 0) is 0 Å². The lowest BCUT2D eigenvalue weighted by atomic mass is 10.0. The van der Waals surface area contributed by atoms with Gasteiger partial charge in [-0.25, -0.2) is 0 Å². The largest absolute Gasteiger partial charge is 0.496 e. The van der Waals surface area contributed by atoms with Crippen molar-refractivity contribution in [2.24, 2.45) is 0 Å². The number of carbonyl (C=O) groups excluding carboxylic acids is 1. The summed E-state index contributed by atoms with van der Waals surface area (Å²) >= 11 is 0. The summed E-state index contributed by atoms with van der Waals surface area (Å²) in [6.45, 7) is 2.49. The summed E-state index contributed by atoms with van der Waals surface area (Å²) in [5.74, 6) is 1.50. The van der Waals surface area contributed by atoms with Crippen molar-refractivity contribution in [3.63, 3.8) is 0 Å². The second-order valence-corrected chi connectivity index (χ2v) is 6.03. The first-order valence-corrected chi connectivity index (χ1v) is 8.32. The maximum atomic E-state index is 12.6. The van der Waals surface area contributed by atoms with Crippen molar-refractivity contribution in [2.45, 2.75) is 31.8 Å². The predicted octanol–water partition coefficient (Wildman–Crippen LogP) is 2.13. The molecule has 1 N–H and O–H groups in total. The van der Waals surface area contributed by atoms with Crippen LogP contribution in [-0.4, -0.2) is 62.9 Å². The molecule has 0 unspecified atom stereocenters. The zero-order valence-corrected chi connectivity index (χ0v) is 14.7. The summed E-state index contributed by atoms with van der Waals surface area (Å²) < 4.78 is 15.9. The third kappa shape index (κ3) is 4.61. The predicted molar refractivity (Wildman–Crippen MR) is 91.3 cm³/mol. The van der Waals surface area contributed by atoms with Crippen molar-refractivity contribution in [3.8, 4) is 17.2 Å². The number of Topliss-reactive ketones (excluding diaryl/α,β-unsaturated/α-hetero) is 1. The molecule has 0 saturated carbocycles. The number of rotatable bonds is 8. The number of aliphatic hydroxyl groups is 1. The molecule has 0 bridgehead atoms. The van der Waals surface area contributed by atoms with Gasteiger partial charge in [-0.3, -0.25) is 4.79 Å². The van der Waals surface area contributed by atoms with Crippen molar-refractivity contribution in [2.75, 3.05) is 41.0 Å². The van der Waals surface area contributed by atoms with E-state index in [1.807, 2.05) is 0 Å². The molecule has 1 aromatic carbocycles. The van der Waals surface area contributed by atoms with Crippen LogP contribution in [0.15, 0.2) is 12.1 Å². The van der Waals surface area contributed by atoms with Crippen LogP contribution in [0.1, 0.15) is 36.0 Å². The Morgan fingerprint density at radius 3 is 2.42 bits per heavy atom. The molecule has 1 atom stereocenters. The van der Waals surface area contributed by atoms with E-state index in [9.17, 15) is 9.90 Å². The molecule has 1 fully saturated rings. The summed E-state index contributed by atoms with van der Waals surface area (Å²) in [5.41, 5.74) is 0.458. The molecule has 6 nitrogen and oxygen atoms in total. The van der Waals surface area contributed by atoms with E-state index in [0.717, 1.165) is 32.4 Å². The van der Waals surface area contributed by atoms with E-state index in [4.69, 9.17) is 14.2 Å². The van der Waals surface area contributed by atoms with E-state index >= 15 is 0 Å². The average molecular weight is 337 g/mol. The number of nitrogens with zero attached hydrogens (tertiary/aromatic N) is 1. The quantitative estimate of drug-likeness (QED) is 0.733. The highest BCUT2D eigenvalue weighted by Crippen LogP contribution is 2.35. The molecule has 1 saturated heterocycles. The lowest BCUT2D eigenvalue weighted by Crippen LogP contribution is -2.38. The van der Waals surface area contributed by atoms with Crippen LogP contribution in [0.2, 0.25) is 0 Å². The van der Waals surface area contributed by atoms with Gasteiger partial charge in [0.05, 0.1) is 27.4 Å². The van der Waals surface area contributed by atoms with Gasteiger partial charge in [0.1, 0.15) is 22.8 Å². The second kappa shape index (κ2) is 8.89. The number of β-amino-alcohol motifs (C(OH)–C–C–N with tert-alkyl or cyclic N) is 1. The Hall–Kier alpha value is -1.79. The van der Waals surface area contributed by atoms with Crippen molar-refractivity contribution < 1.29 is 24.1 Å². The van der Waals surface area contributed by atoms with E-state index in [2.05, 4.69) is 4.90 Å². The molecule has 0 aliphatic carbocycles. The van der Waals surface area contributed by atoms with Crippen molar-refractivity contribution in [3.05, 3.63) is 17.7 Å². The van der Waals surface area contributed by atoms with Gasteiger partial charge >= 0.3 is 0 Å². The average Bonchev–Trinajstić information content (AvgIpc) is 2.60. The van der Waals surface area contributed by atoms with Gasteiger partial charge in [0.2, 0.25) is 0 Å². The van der Waals surface area contributed by atoms with Crippen LogP contribution in [0.5, 0.6) is 17.2 Å². The number of carbonyl (C=O) groups is 1. The number of benzene rings is 1. The number of piperidine rings is 1. The minimum atomic E-state index is -0.240. The molecule has 0 spiro atoms. The first kappa shape index (κ1) is 18.5. The van der Waals surface area contributed by atoms with Crippen LogP contribution in [0, 0.1) is 0 Å². The Labute approximate surface area is 143 Å². The number of likely N-dealkylation sites (tertiary alicyclic amines) is 1. The van der Waals surface area contributed by atoms with Crippen molar-refractivity contribution in [1.29, 1.82) is 0 Å². The fourth-order valence-electron chi connectivity index (χ4n) is 3.10. The van der Waals surface area contributed by atoms with Crippen LogP contribution in [0.3, 0.4) is 0 Å². The molecule has 24 heavy (non-hydrogen) atoms. The third-order valence-electron chi connectivity index (χ3n) is 4.35. The number of aliphatic hydroxyl groups excluding tert-OH is 1. The third-order valence-corrected chi connectivity index (χ3v) is 4.35. The van der Waals surface area contributed by atoms with Gasteiger partial charge < -0.3 is 24.2 Å². The normalized spacial score (nSPS) is 18.2.